The number of carbonyl (C=O) groups is 2. The Balaban J connectivity index is 3.23. The Morgan fingerprint density at radius 2 is 2.18 bits per heavy atom. The zero-order valence-corrected chi connectivity index (χ0v) is 7.30. The Labute approximate surface area is 68.0 Å². The first-order valence-corrected chi connectivity index (χ1v) is 4.10. The van der Waals surface area contributed by atoms with Gasteiger partial charge in [-0.05, 0) is 25.7 Å². The fourth-order valence-corrected chi connectivity index (χ4v) is 0.982. The van der Waals surface area contributed by atoms with Crippen molar-refractivity contribution in [3.8, 4) is 0 Å². The van der Waals surface area contributed by atoms with Crippen LogP contribution in [0.1, 0.15) is 39.5 Å². The summed E-state index contributed by atoms with van der Waals surface area (Å²) in [6, 6.07) is 0. The Bertz CT molecular complexity index is 130. The number of hydrogen-bond donors (Lipinski definition) is 0. The second kappa shape index (κ2) is 6.08. The van der Waals surface area contributed by atoms with E-state index in [0.29, 0.717) is 18.8 Å². The Hall–Kier alpha value is -0.660. The van der Waals surface area contributed by atoms with Gasteiger partial charge in [0.2, 0.25) is 0 Å². The number of carbonyl (C=O) groups excluding carboxylic acids is 2. The lowest BCUT2D eigenvalue weighted by atomic mass is 10.0. The average molecular weight is 156 g/mol. The number of rotatable bonds is 6. The van der Waals surface area contributed by atoms with Gasteiger partial charge in [0.25, 0.3) is 0 Å². The fraction of sp³-hybridized carbons (Fsp3) is 0.778. The third-order valence-corrected chi connectivity index (χ3v) is 1.72. The summed E-state index contributed by atoms with van der Waals surface area (Å²) in [7, 11) is 0. The van der Waals surface area contributed by atoms with Gasteiger partial charge in [0, 0.05) is 12.8 Å². The number of aldehydes is 1. The van der Waals surface area contributed by atoms with Crippen LogP contribution in [-0.4, -0.2) is 12.1 Å². The van der Waals surface area contributed by atoms with Gasteiger partial charge in [-0.2, -0.15) is 0 Å². The molecule has 0 spiro atoms. The average Bonchev–Trinajstić information content (AvgIpc) is 1.87. The van der Waals surface area contributed by atoms with Crippen molar-refractivity contribution in [3.63, 3.8) is 0 Å². The highest BCUT2D eigenvalue weighted by molar-refractivity contribution is 5.75. The molecule has 0 aliphatic carbocycles. The van der Waals surface area contributed by atoms with Gasteiger partial charge in [-0.1, -0.05) is 6.92 Å². The lowest BCUT2D eigenvalue weighted by Crippen LogP contribution is -1.97. The molecule has 0 aromatic heterocycles. The first-order chi connectivity index (χ1) is 5.16. The normalized spacial score (nSPS) is 12.5. The van der Waals surface area contributed by atoms with Crippen LogP contribution in [0, 0.1) is 5.92 Å². The Morgan fingerprint density at radius 1 is 1.55 bits per heavy atom. The molecule has 0 N–H and O–H groups in total. The summed E-state index contributed by atoms with van der Waals surface area (Å²) in [6.45, 7) is 3.64. The highest BCUT2D eigenvalue weighted by Gasteiger charge is 2.01. The van der Waals surface area contributed by atoms with Crippen LogP contribution in [0.2, 0.25) is 0 Å². The lowest BCUT2D eigenvalue weighted by Gasteiger charge is -2.04. The van der Waals surface area contributed by atoms with Crippen molar-refractivity contribution in [2.45, 2.75) is 39.5 Å². The Morgan fingerprint density at radius 3 is 2.64 bits per heavy atom. The quantitative estimate of drug-likeness (QED) is 0.551. The van der Waals surface area contributed by atoms with Crippen LogP contribution in [0.3, 0.4) is 0 Å². The van der Waals surface area contributed by atoms with Crippen LogP contribution in [0.25, 0.3) is 0 Å². The van der Waals surface area contributed by atoms with Gasteiger partial charge >= 0.3 is 0 Å². The molecule has 0 aliphatic heterocycles. The van der Waals surface area contributed by atoms with E-state index in [1.807, 2.05) is 6.92 Å². The van der Waals surface area contributed by atoms with Gasteiger partial charge in [0.1, 0.15) is 12.1 Å². The minimum absolute atomic E-state index is 0.239. The fourth-order valence-electron chi connectivity index (χ4n) is 0.982. The molecular weight excluding hydrogens is 140 g/mol. The molecule has 2 heteroatoms. The monoisotopic (exact) mass is 156 g/mol. The van der Waals surface area contributed by atoms with Gasteiger partial charge in [0.05, 0.1) is 0 Å². The molecule has 0 aliphatic rings. The molecule has 1 atom stereocenters. The summed E-state index contributed by atoms with van der Waals surface area (Å²) in [6.07, 6.45) is 4.13. The van der Waals surface area contributed by atoms with Crippen LogP contribution in [0.15, 0.2) is 0 Å². The molecule has 1 unspecified atom stereocenters. The number of hydrogen-bond acceptors (Lipinski definition) is 2. The number of ketones is 1. The summed E-state index contributed by atoms with van der Waals surface area (Å²) in [5, 5.41) is 0. The van der Waals surface area contributed by atoms with Crippen molar-refractivity contribution in [1.82, 2.24) is 0 Å². The van der Waals surface area contributed by atoms with E-state index in [0.717, 1.165) is 19.1 Å². The molecule has 0 saturated heterocycles. The minimum Gasteiger partial charge on any atom is -0.303 e. The summed E-state index contributed by atoms with van der Waals surface area (Å²) in [5.41, 5.74) is 0. The SMILES string of the molecule is CC(=O)CCCC(C)CC=O. The molecule has 0 bridgehead atoms. The van der Waals surface area contributed by atoms with Gasteiger partial charge in [-0.25, -0.2) is 0 Å². The molecule has 0 radical (unpaired) electrons. The molecule has 64 valence electrons. The van der Waals surface area contributed by atoms with Crippen molar-refractivity contribution in [3.05, 3.63) is 0 Å². The van der Waals surface area contributed by atoms with Crippen LogP contribution >= 0.6 is 0 Å². The van der Waals surface area contributed by atoms with E-state index >= 15 is 0 Å². The summed E-state index contributed by atoms with van der Waals surface area (Å²) in [4.78, 5) is 20.6. The zero-order chi connectivity index (χ0) is 8.69. The van der Waals surface area contributed by atoms with E-state index in [1.54, 1.807) is 6.92 Å². The van der Waals surface area contributed by atoms with E-state index in [9.17, 15) is 9.59 Å². The predicted octanol–water partition coefficient (Wildman–Crippen LogP) is 1.97. The van der Waals surface area contributed by atoms with Crippen molar-refractivity contribution in [1.29, 1.82) is 0 Å². The maximum Gasteiger partial charge on any atom is 0.129 e. The second-order valence-electron chi connectivity index (χ2n) is 3.10. The van der Waals surface area contributed by atoms with Crippen LogP contribution in [-0.2, 0) is 9.59 Å². The van der Waals surface area contributed by atoms with Gasteiger partial charge in [0.15, 0.2) is 0 Å². The molecule has 0 heterocycles. The van der Waals surface area contributed by atoms with E-state index in [2.05, 4.69) is 0 Å². The van der Waals surface area contributed by atoms with Gasteiger partial charge in [-0.15, -0.1) is 0 Å². The smallest absolute Gasteiger partial charge is 0.129 e. The maximum absolute atomic E-state index is 10.5. The molecule has 0 saturated carbocycles. The summed E-state index contributed by atoms with van der Waals surface area (Å²) < 4.78 is 0. The third kappa shape index (κ3) is 7.23. The third-order valence-electron chi connectivity index (χ3n) is 1.72. The topological polar surface area (TPSA) is 34.1 Å². The van der Waals surface area contributed by atoms with Crippen LogP contribution in [0.4, 0.5) is 0 Å². The van der Waals surface area contributed by atoms with E-state index in [4.69, 9.17) is 0 Å². The lowest BCUT2D eigenvalue weighted by molar-refractivity contribution is -0.117. The summed E-state index contributed by atoms with van der Waals surface area (Å²) in [5.74, 6) is 0.676. The second-order valence-corrected chi connectivity index (χ2v) is 3.10. The molecule has 0 rings (SSSR count). The highest BCUT2D eigenvalue weighted by atomic mass is 16.1. The van der Waals surface area contributed by atoms with Crippen molar-refractivity contribution in [2.24, 2.45) is 5.92 Å². The van der Waals surface area contributed by atoms with E-state index < -0.39 is 0 Å². The molecule has 0 aromatic carbocycles. The van der Waals surface area contributed by atoms with Gasteiger partial charge in [-0.3, -0.25) is 0 Å². The molecule has 0 amide bonds. The summed E-state index contributed by atoms with van der Waals surface area (Å²) >= 11 is 0. The molecule has 0 fully saturated rings. The first-order valence-electron chi connectivity index (χ1n) is 4.10. The largest absolute Gasteiger partial charge is 0.303 e. The van der Waals surface area contributed by atoms with Crippen molar-refractivity contribution >= 4 is 12.1 Å². The zero-order valence-electron chi connectivity index (χ0n) is 7.30. The molecular formula is C9H16O2. The van der Waals surface area contributed by atoms with Crippen molar-refractivity contribution in [2.75, 3.05) is 0 Å². The Kier molecular flexibility index (Phi) is 5.71. The maximum atomic E-state index is 10.5. The first kappa shape index (κ1) is 10.3. The highest BCUT2D eigenvalue weighted by Crippen LogP contribution is 2.10. The van der Waals surface area contributed by atoms with E-state index in [-0.39, 0.29) is 5.78 Å². The molecule has 2 nitrogen and oxygen atoms in total. The van der Waals surface area contributed by atoms with Crippen molar-refractivity contribution < 1.29 is 9.59 Å². The van der Waals surface area contributed by atoms with E-state index in [1.165, 1.54) is 0 Å². The van der Waals surface area contributed by atoms with Crippen LogP contribution < -0.4 is 0 Å². The molecule has 0 aromatic rings. The molecule has 11 heavy (non-hydrogen) atoms. The predicted molar refractivity (Wildman–Crippen MR) is 44.4 cm³/mol. The minimum atomic E-state index is 0.239. The standard InChI is InChI=1S/C9H16O2/c1-8(6-7-10)4-3-5-9(2)11/h7-8H,3-6H2,1-2H3. The van der Waals surface area contributed by atoms with Gasteiger partial charge < -0.3 is 9.59 Å². The van der Waals surface area contributed by atoms with Crippen LogP contribution in [0.5, 0.6) is 0 Å². The number of Topliss-reactive ketones (excluding diaryl/α,β-unsaturated/α-hetero) is 1.